The van der Waals surface area contributed by atoms with E-state index >= 15 is 0 Å². The molecule has 2 aliphatic rings. The number of nitrogens with two attached hydrogens (primary N) is 1. The zero-order chi connectivity index (χ0) is 11.7. The van der Waals surface area contributed by atoms with Crippen LogP contribution >= 0.6 is 0 Å². The van der Waals surface area contributed by atoms with Gasteiger partial charge in [-0.05, 0) is 30.4 Å². The van der Waals surface area contributed by atoms with Crippen LogP contribution in [0.15, 0.2) is 24.3 Å². The molecule has 1 heterocycles. The molecule has 0 amide bonds. The molecule has 1 aromatic rings. The van der Waals surface area contributed by atoms with Gasteiger partial charge in [0.1, 0.15) is 0 Å². The molecule has 92 valence electrons. The molecule has 0 aromatic heterocycles. The van der Waals surface area contributed by atoms with Crippen LogP contribution in [0.25, 0.3) is 0 Å². The fourth-order valence-electron chi connectivity index (χ4n) is 3.37. The largest absolute Gasteiger partial charge is 0.324 e. The molecule has 2 N–H and O–H groups in total. The fraction of sp³-hybridized carbons (Fsp3) is 0.600. The Morgan fingerprint density at radius 3 is 2.59 bits per heavy atom. The van der Waals surface area contributed by atoms with E-state index in [2.05, 4.69) is 29.2 Å². The van der Waals surface area contributed by atoms with E-state index in [9.17, 15) is 0 Å². The van der Waals surface area contributed by atoms with Crippen molar-refractivity contribution < 1.29 is 0 Å². The molecule has 3 rings (SSSR count). The number of rotatable bonds is 2. The van der Waals surface area contributed by atoms with Crippen molar-refractivity contribution in [3.05, 3.63) is 35.4 Å². The number of hydrogen-bond donors (Lipinski definition) is 1. The topological polar surface area (TPSA) is 29.3 Å². The minimum atomic E-state index is 0.103. The number of fused-ring (bicyclic) bond motifs is 1. The highest BCUT2D eigenvalue weighted by atomic mass is 15.1. The van der Waals surface area contributed by atoms with Crippen molar-refractivity contribution in [1.29, 1.82) is 0 Å². The van der Waals surface area contributed by atoms with Gasteiger partial charge in [-0.15, -0.1) is 0 Å². The maximum absolute atomic E-state index is 6.47. The maximum Gasteiger partial charge on any atom is 0.0283 e. The summed E-state index contributed by atoms with van der Waals surface area (Å²) in [7, 11) is 0. The third-order valence-corrected chi connectivity index (χ3v) is 4.35. The Balaban J connectivity index is 1.68. The van der Waals surface area contributed by atoms with Gasteiger partial charge < -0.3 is 5.73 Å². The van der Waals surface area contributed by atoms with Gasteiger partial charge in [-0.3, -0.25) is 4.90 Å². The standard InChI is InChI=1S/C15H22N2/c16-15(8-3-4-9-15)12-17-10-7-13-5-1-2-6-14(13)11-17/h1-2,5-6H,3-4,7-12,16H2. The van der Waals surface area contributed by atoms with Crippen LogP contribution in [-0.2, 0) is 13.0 Å². The van der Waals surface area contributed by atoms with Crippen molar-refractivity contribution in [2.75, 3.05) is 13.1 Å². The van der Waals surface area contributed by atoms with Gasteiger partial charge in [0.05, 0.1) is 0 Å². The molecule has 1 saturated carbocycles. The molecule has 0 spiro atoms. The predicted molar refractivity (Wildman–Crippen MR) is 70.8 cm³/mol. The molecular formula is C15H22N2. The van der Waals surface area contributed by atoms with Crippen molar-refractivity contribution in [2.24, 2.45) is 5.73 Å². The molecule has 0 atom stereocenters. The van der Waals surface area contributed by atoms with Crippen molar-refractivity contribution >= 4 is 0 Å². The van der Waals surface area contributed by atoms with E-state index in [1.54, 1.807) is 0 Å². The Morgan fingerprint density at radius 1 is 1.12 bits per heavy atom. The lowest BCUT2D eigenvalue weighted by Gasteiger charge is -2.35. The normalized spacial score (nSPS) is 23.6. The zero-order valence-electron chi connectivity index (χ0n) is 10.5. The first-order valence-electron chi connectivity index (χ1n) is 6.83. The third kappa shape index (κ3) is 2.38. The average Bonchev–Trinajstić information content (AvgIpc) is 2.76. The molecule has 17 heavy (non-hydrogen) atoms. The van der Waals surface area contributed by atoms with E-state index in [4.69, 9.17) is 5.73 Å². The van der Waals surface area contributed by atoms with Crippen LogP contribution < -0.4 is 5.73 Å². The third-order valence-electron chi connectivity index (χ3n) is 4.35. The van der Waals surface area contributed by atoms with Crippen LogP contribution in [0.5, 0.6) is 0 Å². The summed E-state index contributed by atoms with van der Waals surface area (Å²) < 4.78 is 0. The number of nitrogens with zero attached hydrogens (tertiary/aromatic N) is 1. The molecule has 0 bridgehead atoms. The summed E-state index contributed by atoms with van der Waals surface area (Å²) in [6, 6.07) is 8.83. The van der Waals surface area contributed by atoms with Crippen LogP contribution in [-0.4, -0.2) is 23.5 Å². The molecule has 0 unspecified atom stereocenters. The Bertz CT molecular complexity index is 394. The molecule has 1 aliphatic carbocycles. The highest BCUT2D eigenvalue weighted by Gasteiger charge is 2.32. The van der Waals surface area contributed by atoms with Crippen molar-refractivity contribution in [3.8, 4) is 0 Å². The van der Waals surface area contributed by atoms with E-state index in [0.717, 1.165) is 13.1 Å². The van der Waals surface area contributed by atoms with E-state index in [1.807, 2.05) is 0 Å². The van der Waals surface area contributed by atoms with Crippen molar-refractivity contribution in [3.63, 3.8) is 0 Å². The quantitative estimate of drug-likeness (QED) is 0.845. The Labute approximate surface area is 104 Å². The monoisotopic (exact) mass is 230 g/mol. The van der Waals surface area contributed by atoms with E-state index in [0.29, 0.717) is 0 Å². The highest BCUT2D eigenvalue weighted by molar-refractivity contribution is 5.29. The second-order valence-electron chi connectivity index (χ2n) is 5.80. The van der Waals surface area contributed by atoms with E-state index < -0.39 is 0 Å². The number of hydrogen-bond acceptors (Lipinski definition) is 2. The minimum absolute atomic E-state index is 0.103. The smallest absolute Gasteiger partial charge is 0.0283 e. The molecule has 0 radical (unpaired) electrons. The minimum Gasteiger partial charge on any atom is -0.324 e. The Kier molecular flexibility index (Phi) is 2.93. The average molecular weight is 230 g/mol. The van der Waals surface area contributed by atoms with Crippen LogP contribution in [0.1, 0.15) is 36.8 Å². The molecule has 2 nitrogen and oxygen atoms in total. The summed E-state index contributed by atoms with van der Waals surface area (Å²) in [5.41, 5.74) is 9.60. The maximum atomic E-state index is 6.47. The number of benzene rings is 1. The molecule has 2 heteroatoms. The Morgan fingerprint density at radius 2 is 1.82 bits per heavy atom. The SMILES string of the molecule is NC1(CN2CCc3ccccc3C2)CCCC1. The second-order valence-corrected chi connectivity index (χ2v) is 5.80. The van der Waals surface area contributed by atoms with Gasteiger partial charge in [-0.2, -0.15) is 0 Å². The van der Waals surface area contributed by atoms with E-state index in [-0.39, 0.29) is 5.54 Å². The molecule has 1 aromatic carbocycles. The van der Waals surface area contributed by atoms with Gasteiger partial charge in [-0.1, -0.05) is 37.1 Å². The Hall–Kier alpha value is -0.860. The first kappa shape index (κ1) is 11.2. The summed E-state index contributed by atoms with van der Waals surface area (Å²) in [5, 5.41) is 0. The summed E-state index contributed by atoms with van der Waals surface area (Å²) in [6.07, 6.45) is 6.25. The van der Waals surface area contributed by atoms with E-state index in [1.165, 1.54) is 49.8 Å². The van der Waals surface area contributed by atoms with Crippen LogP contribution in [0.2, 0.25) is 0 Å². The predicted octanol–water partition coefficient (Wildman–Crippen LogP) is 2.32. The van der Waals surface area contributed by atoms with Gasteiger partial charge >= 0.3 is 0 Å². The fourth-order valence-corrected chi connectivity index (χ4v) is 3.37. The lowest BCUT2D eigenvalue weighted by molar-refractivity contribution is 0.194. The second kappa shape index (κ2) is 4.43. The summed E-state index contributed by atoms with van der Waals surface area (Å²) >= 11 is 0. The molecular weight excluding hydrogens is 208 g/mol. The van der Waals surface area contributed by atoms with Gasteiger partial charge in [0, 0.05) is 25.2 Å². The summed E-state index contributed by atoms with van der Waals surface area (Å²) in [5.74, 6) is 0. The summed E-state index contributed by atoms with van der Waals surface area (Å²) in [4.78, 5) is 2.55. The molecule has 0 saturated heterocycles. The van der Waals surface area contributed by atoms with Crippen molar-refractivity contribution in [2.45, 2.75) is 44.2 Å². The van der Waals surface area contributed by atoms with Crippen molar-refractivity contribution in [1.82, 2.24) is 4.90 Å². The lowest BCUT2D eigenvalue weighted by Crippen LogP contribution is -2.49. The van der Waals surface area contributed by atoms with Gasteiger partial charge in [0.25, 0.3) is 0 Å². The lowest BCUT2D eigenvalue weighted by atomic mass is 9.95. The highest BCUT2D eigenvalue weighted by Crippen LogP contribution is 2.29. The summed E-state index contributed by atoms with van der Waals surface area (Å²) in [6.45, 7) is 3.35. The zero-order valence-corrected chi connectivity index (χ0v) is 10.5. The molecule has 1 fully saturated rings. The van der Waals surface area contributed by atoms with Crippen LogP contribution in [0, 0.1) is 0 Å². The van der Waals surface area contributed by atoms with Crippen LogP contribution in [0.3, 0.4) is 0 Å². The van der Waals surface area contributed by atoms with Gasteiger partial charge in [0.15, 0.2) is 0 Å². The van der Waals surface area contributed by atoms with Crippen LogP contribution in [0.4, 0.5) is 0 Å². The first-order valence-corrected chi connectivity index (χ1v) is 6.83. The van der Waals surface area contributed by atoms with Gasteiger partial charge in [0.2, 0.25) is 0 Å². The molecule has 1 aliphatic heterocycles. The van der Waals surface area contributed by atoms with Gasteiger partial charge in [-0.25, -0.2) is 0 Å². The first-order chi connectivity index (χ1) is 8.25.